The Hall–Kier alpha value is -2.81. The van der Waals surface area contributed by atoms with Gasteiger partial charge in [0.2, 0.25) is 11.8 Å². The maximum absolute atomic E-state index is 13.5. The molecule has 0 heterocycles. The third kappa shape index (κ3) is 5.09. The van der Waals surface area contributed by atoms with Crippen molar-refractivity contribution in [1.82, 2.24) is 0 Å². The number of halogens is 2. The van der Waals surface area contributed by atoms with Gasteiger partial charge in [-0.3, -0.25) is 9.59 Å². The Bertz CT molecular complexity index is 908. The van der Waals surface area contributed by atoms with E-state index < -0.39 is 45.2 Å². The van der Waals surface area contributed by atoms with Crippen LogP contribution in [0.25, 0.3) is 0 Å². The van der Waals surface area contributed by atoms with Crippen LogP contribution in [0.2, 0.25) is 0 Å². The first-order valence-electron chi connectivity index (χ1n) is 7.53. The fourth-order valence-corrected chi connectivity index (χ4v) is 3.35. The van der Waals surface area contributed by atoms with Gasteiger partial charge in [0.15, 0.2) is 9.84 Å². The molecule has 6 nitrogen and oxygen atoms in total. The Balaban J connectivity index is 2.01. The van der Waals surface area contributed by atoms with Gasteiger partial charge in [-0.2, -0.15) is 0 Å². The molecule has 26 heavy (non-hydrogen) atoms. The standard InChI is InChI=1S/C17H16F2N2O4S/c1-11(22)20-12-5-7-13(8-6-12)26(24,25)10-9-16(23)21-17-14(18)3-2-4-15(17)19/h2-8H,9-10H2,1H3,(H,20,22)(H,21,23). The van der Waals surface area contributed by atoms with E-state index in [0.29, 0.717) is 5.69 Å². The number of hydrogen-bond acceptors (Lipinski definition) is 4. The normalized spacial score (nSPS) is 11.0. The summed E-state index contributed by atoms with van der Waals surface area (Å²) in [4.78, 5) is 22.7. The first kappa shape index (κ1) is 19.5. The maximum atomic E-state index is 13.5. The topological polar surface area (TPSA) is 92.3 Å². The highest BCUT2D eigenvalue weighted by atomic mass is 32.2. The zero-order chi connectivity index (χ0) is 19.3. The summed E-state index contributed by atoms with van der Waals surface area (Å²) in [6.07, 6.45) is -0.469. The lowest BCUT2D eigenvalue weighted by Gasteiger charge is -2.08. The van der Waals surface area contributed by atoms with Gasteiger partial charge in [-0.15, -0.1) is 0 Å². The second-order valence-electron chi connectivity index (χ2n) is 5.42. The lowest BCUT2D eigenvalue weighted by atomic mass is 10.3. The molecule has 0 unspecified atom stereocenters. The predicted molar refractivity (Wildman–Crippen MR) is 92.4 cm³/mol. The number of para-hydroxylation sites is 1. The third-order valence-electron chi connectivity index (χ3n) is 3.36. The second-order valence-corrected chi connectivity index (χ2v) is 7.53. The summed E-state index contributed by atoms with van der Waals surface area (Å²) in [5.41, 5.74) is -0.182. The fraction of sp³-hybridized carbons (Fsp3) is 0.176. The number of carbonyl (C=O) groups excluding carboxylic acids is 2. The first-order chi connectivity index (χ1) is 12.2. The molecule has 2 N–H and O–H groups in total. The van der Waals surface area contributed by atoms with E-state index >= 15 is 0 Å². The molecule has 2 aromatic carbocycles. The van der Waals surface area contributed by atoms with Crippen LogP contribution in [0.3, 0.4) is 0 Å². The SMILES string of the molecule is CC(=O)Nc1ccc(S(=O)(=O)CCC(=O)Nc2c(F)cccc2F)cc1. The largest absolute Gasteiger partial charge is 0.326 e. The molecule has 0 fully saturated rings. The minimum Gasteiger partial charge on any atom is -0.326 e. The quantitative estimate of drug-likeness (QED) is 0.804. The summed E-state index contributed by atoms with van der Waals surface area (Å²) in [6.45, 7) is 1.32. The van der Waals surface area contributed by atoms with Gasteiger partial charge in [0.1, 0.15) is 17.3 Å². The molecule has 0 spiro atoms. The Morgan fingerprint density at radius 3 is 2.08 bits per heavy atom. The average molecular weight is 382 g/mol. The summed E-state index contributed by atoms with van der Waals surface area (Å²) in [6, 6.07) is 8.55. The van der Waals surface area contributed by atoms with Crippen LogP contribution in [0.1, 0.15) is 13.3 Å². The van der Waals surface area contributed by atoms with Crippen LogP contribution < -0.4 is 10.6 Å². The van der Waals surface area contributed by atoms with Gasteiger partial charge < -0.3 is 10.6 Å². The molecule has 0 radical (unpaired) electrons. The second kappa shape index (κ2) is 8.05. The van der Waals surface area contributed by atoms with Gasteiger partial charge in [0, 0.05) is 19.0 Å². The average Bonchev–Trinajstić information content (AvgIpc) is 2.56. The summed E-state index contributed by atoms with van der Waals surface area (Å²) in [7, 11) is -3.77. The zero-order valence-corrected chi connectivity index (χ0v) is 14.6. The molecule has 2 amide bonds. The highest BCUT2D eigenvalue weighted by Crippen LogP contribution is 2.19. The lowest BCUT2D eigenvalue weighted by Crippen LogP contribution is -2.18. The van der Waals surface area contributed by atoms with E-state index in [2.05, 4.69) is 5.32 Å². The Morgan fingerprint density at radius 2 is 1.54 bits per heavy atom. The lowest BCUT2D eigenvalue weighted by molar-refractivity contribution is -0.116. The first-order valence-corrected chi connectivity index (χ1v) is 9.18. The van der Waals surface area contributed by atoms with Crippen LogP contribution in [-0.4, -0.2) is 26.0 Å². The van der Waals surface area contributed by atoms with Crippen molar-refractivity contribution in [2.45, 2.75) is 18.2 Å². The number of rotatable bonds is 6. The van der Waals surface area contributed by atoms with Crippen molar-refractivity contribution in [2.75, 3.05) is 16.4 Å². The number of nitrogens with one attached hydrogen (secondary N) is 2. The predicted octanol–water partition coefficient (Wildman–Crippen LogP) is 2.73. The van der Waals surface area contributed by atoms with Gasteiger partial charge >= 0.3 is 0 Å². The van der Waals surface area contributed by atoms with E-state index in [4.69, 9.17) is 0 Å². The van der Waals surface area contributed by atoms with Gasteiger partial charge in [-0.05, 0) is 36.4 Å². The molecule has 2 rings (SSSR count). The molecule has 0 aliphatic rings. The Kier molecular flexibility index (Phi) is 6.04. The Morgan fingerprint density at radius 1 is 0.962 bits per heavy atom. The summed E-state index contributed by atoms with van der Waals surface area (Å²) in [5.74, 6) is -3.55. The summed E-state index contributed by atoms with van der Waals surface area (Å²) < 4.78 is 51.4. The smallest absolute Gasteiger partial charge is 0.225 e. The van der Waals surface area contributed by atoms with Gasteiger partial charge in [-0.1, -0.05) is 6.07 Å². The van der Waals surface area contributed by atoms with E-state index in [1.807, 2.05) is 5.32 Å². The zero-order valence-electron chi connectivity index (χ0n) is 13.8. The van der Waals surface area contributed by atoms with E-state index in [9.17, 15) is 26.8 Å². The molecular weight excluding hydrogens is 366 g/mol. The van der Waals surface area contributed by atoms with Crippen molar-refractivity contribution < 1.29 is 26.8 Å². The van der Waals surface area contributed by atoms with E-state index in [1.165, 1.54) is 31.2 Å². The van der Waals surface area contributed by atoms with Crippen molar-refractivity contribution in [3.8, 4) is 0 Å². The molecule has 2 aromatic rings. The minimum atomic E-state index is -3.77. The van der Waals surface area contributed by atoms with Crippen molar-refractivity contribution in [3.63, 3.8) is 0 Å². The molecule has 0 aliphatic heterocycles. The molecule has 0 saturated carbocycles. The van der Waals surface area contributed by atoms with Crippen LogP contribution in [-0.2, 0) is 19.4 Å². The molecule has 0 aromatic heterocycles. The van der Waals surface area contributed by atoms with E-state index in [1.54, 1.807) is 0 Å². The number of amides is 2. The van der Waals surface area contributed by atoms with Gasteiger partial charge in [0.25, 0.3) is 0 Å². The van der Waals surface area contributed by atoms with Crippen LogP contribution in [0, 0.1) is 11.6 Å². The van der Waals surface area contributed by atoms with Crippen molar-refractivity contribution in [1.29, 1.82) is 0 Å². The van der Waals surface area contributed by atoms with Gasteiger partial charge in [-0.25, -0.2) is 17.2 Å². The van der Waals surface area contributed by atoms with Crippen molar-refractivity contribution >= 4 is 33.0 Å². The number of anilines is 2. The molecule has 0 bridgehead atoms. The molecule has 0 aliphatic carbocycles. The highest BCUT2D eigenvalue weighted by molar-refractivity contribution is 7.91. The molecule has 0 atom stereocenters. The molecule has 9 heteroatoms. The fourth-order valence-electron chi connectivity index (χ4n) is 2.11. The van der Waals surface area contributed by atoms with Crippen molar-refractivity contribution in [2.24, 2.45) is 0 Å². The number of carbonyl (C=O) groups is 2. The van der Waals surface area contributed by atoms with Crippen molar-refractivity contribution in [3.05, 3.63) is 54.1 Å². The number of benzene rings is 2. The molecular formula is C17H16F2N2O4S. The molecule has 138 valence electrons. The third-order valence-corrected chi connectivity index (χ3v) is 5.09. The molecule has 0 saturated heterocycles. The van der Waals surface area contributed by atoms with Crippen LogP contribution in [0.15, 0.2) is 47.4 Å². The van der Waals surface area contributed by atoms with E-state index in [0.717, 1.165) is 18.2 Å². The number of sulfone groups is 1. The Labute approximate surface area is 149 Å². The van der Waals surface area contributed by atoms with Crippen LogP contribution in [0.5, 0.6) is 0 Å². The number of hydrogen-bond donors (Lipinski definition) is 2. The monoisotopic (exact) mass is 382 g/mol. The highest BCUT2D eigenvalue weighted by Gasteiger charge is 2.18. The van der Waals surface area contributed by atoms with Gasteiger partial charge in [0.05, 0.1) is 10.6 Å². The summed E-state index contributed by atoms with van der Waals surface area (Å²) >= 11 is 0. The van der Waals surface area contributed by atoms with Crippen LogP contribution >= 0.6 is 0 Å². The minimum absolute atomic E-state index is 0.0310. The maximum Gasteiger partial charge on any atom is 0.225 e. The van der Waals surface area contributed by atoms with E-state index in [-0.39, 0.29) is 10.8 Å². The van der Waals surface area contributed by atoms with Crippen LogP contribution in [0.4, 0.5) is 20.2 Å². The summed E-state index contributed by atoms with van der Waals surface area (Å²) in [5, 5.41) is 4.54.